The van der Waals surface area contributed by atoms with Gasteiger partial charge < -0.3 is 9.30 Å². The van der Waals surface area contributed by atoms with Crippen LogP contribution < -0.4 is 5.56 Å². The molecule has 0 fully saturated rings. The van der Waals surface area contributed by atoms with Crippen LogP contribution in [0.4, 0.5) is 0 Å². The van der Waals surface area contributed by atoms with Crippen LogP contribution in [0.25, 0.3) is 17.0 Å². The van der Waals surface area contributed by atoms with Gasteiger partial charge in [-0.15, -0.1) is 0 Å². The molecule has 0 bridgehead atoms. The molecule has 0 saturated heterocycles. The van der Waals surface area contributed by atoms with E-state index < -0.39 is 0 Å². The molecule has 7 heteroatoms. The monoisotopic (exact) mass is 429 g/mol. The first-order chi connectivity index (χ1) is 14.5. The Bertz CT molecular complexity index is 1080. The lowest BCUT2D eigenvalue weighted by atomic mass is 10.1. The summed E-state index contributed by atoms with van der Waals surface area (Å²) in [5.74, 6) is 0.333. The molecule has 0 N–H and O–H groups in total. The zero-order valence-electron chi connectivity index (χ0n) is 17.8. The summed E-state index contributed by atoms with van der Waals surface area (Å²) >= 11 is 6.01. The number of halogens is 1. The molecule has 0 aliphatic heterocycles. The van der Waals surface area contributed by atoms with E-state index in [0.29, 0.717) is 29.4 Å². The zero-order valence-corrected chi connectivity index (χ0v) is 18.5. The van der Waals surface area contributed by atoms with Gasteiger partial charge in [-0.1, -0.05) is 43.5 Å². The number of hydrogen-bond donors (Lipinski definition) is 0. The molecule has 0 amide bonds. The van der Waals surface area contributed by atoms with Crippen LogP contribution in [0.3, 0.4) is 0 Å². The van der Waals surface area contributed by atoms with E-state index in [1.165, 1.54) is 0 Å². The average molecular weight is 430 g/mol. The molecule has 30 heavy (non-hydrogen) atoms. The Morgan fingerprint density at radius 1 is 1.17 bits per heavy atom. The van der Waals surface area contributed by atoms with Crippen LogP contribution in [-0.4, -0.2) is 26.5 Å². The highest BCUT2D eigenvalue weighted by Crippen LogP contribution is 2.22. The zero-order chi connectivity index (χ0) is 21.7. The van der Waals surface area contributed by atoms with Crippen molar-refractivity contribution in [1.29, 1.82) is 0 Å². The first kappa shape index (κ1) is 22.1. The normalized spacial score (nSPS) is 11.2. The Kier molecular flexibility index (Phi) is 7.32. The van der Waals surface area contributed by atoms with Gasteiger partial charge in [-0.05, 0) is 38.8 Å². The fourth-order valence-corrected chi connectivity index (χ4v) is 3.74. The molecular formula is C23H28ClN3O3. The Labute approximate surface area is 181 Å². The highest BCUT2D eigenvalue weighted by Gasteiger charge is 2.18. The lowest BCUT2D eigenvalue weighted by molar-refractivity contribution is -0.143. The first-order valence-electron chi connectivity index (χ1n) is 10.5. The number of fused-ring (bicyclic) bond motifs is 1. The first-order valence-corrected chi connectivity index (χ1v) is 10.9. The van der Waals surface area contributed by atoms with Crippen LogP contribution >= 0.6 is 11.6 Å². The molecule has 0 aliphatic carbocycles. The summed E-state index contributed by atoms with van der Waals surface area (Å²) in [5.41, 5.74) is 2.97. The summed E-state index contributed by atoms with van der Waals surface area (Å²) in [4.78, 5) is 29.9. The number of esters is 1. The number of carbonyl (C=O) groups excluding carboxylic acids is 1. The standard InChI is InChI=1S/C23H28ClN3O3/c1-4-6-7-14-26-16(3)19(12-13-21(28)30-5-2)22(29)27-15-20(25-23(26)27)17-8-10-18(24)11-9-17/h8-11,15H,4-7,12-14H2,1-3H3. The van der Waals surface area contributed by atoms with E-state index in [1.54, 1.807) is 17.5 Å². The number of aryl methyl sites for hydroxylation is 1. The number of carbonyl (C=O) groups is 1. The van der Waals surface area contributed by atoms with Crippen LogP contribution in [0.5, 0.6) is 0 Å². The Morgan fingerprint density at radius 2 is 1.90 bits per heavy atom. The van der Waals surface area contributed by atoms with Crippen LogP contribution in [0, 0.1) is 6.92 Å². The summed E-state index contributed by atoms with van der Waals surface area (Å²) in [7, 11) is 0. The molecule has 0 atom stereocenters. The van der Waals surface area contributed by atoms with Crippen LogP contribution in [0.15, 0.2) is 35.3 Å². The van der Waals surface area contributed by atoms with E-state index in [4.69, 9.17) is 21.3 Å². The van der Waals surface area contributed by atoms with Gasteiger partial charge >= 0.3 is 5.97 Å². The predicted molar refractivity (Wildman–Crippen MR) is 119 cm³/mol. The number of unbranched alkanes of at least 4 members (excludes halogenated alkanes) is 2. The minimum absolute atomic E-state index is 0.133. The molecular weight excluding hydrogens is 402 g/mol. The number of rotatable bonds is 9. The van der Waals surface area contributed by atoms with E-state index in [2.05, 4.69) is 11.5 Å². The average Bonchev–Trinajstić information content (AvgIpc) is 3.16. The number of aromatic nitrogens is 3. The molecule has 0 aliphatic rings. The van der Waals surface area contributed by atoms with Crippen molar-refractivity contribution in [3.63, 3.8) is 0 Å². The molecule has 6 nitrogen and oxygen atoms in total. The van der Waals surface area contributed by atoms with Gasteiger partial charge in [-0.3, -0.25) is 14.0 Å². The predicted octanol–water partition coefficient (Wildman–Crippen LogP) is 4.81. The number of hydrogen-bond acceptors (Lipinski definition) is 4. The number of benzene rings is 1. The van der Waals surface area contributed by atoms with Gasteiger partial charge in [0.1, 0.15) is 0 Å². The molecule has 1 aromatic carbocycles. The third-order valence-electron chi connectivity index (χ3n) is 5.26. The smallest absolute Gasteiger partial charge is 0.306 e. The highest BCUT2D eigenvalue weighted by atomic mass is 35.5. The van der Waals surface area contributed by atoms with E-state index >= 15 is 0 Å². The fourth-order valence-electron chi connectivity index (χ4n) is 3.62. The number of imidazole rings is 1. The van der Waals surface area contributed by atoms with Crippen LogP contribution in [-0.2, 0) is 22.5 Å². The van der Waals surface area contributed by atoms with Gasteiger partial charge in [-0.25, -0.2) is 4.98 Å². The Balaban J connectivity index is 2.08. The van der Waals surface area contributed by atoms with Crippen molar-refractivity contribution in [2.45, 2.75) is 59.4 Å². The number of ether oxygens (including phenoxy) is 1. The summed E-state index contributed by atoms with van der Waals surface area (Å²) in [6, 6.07) is 7.41. The lowest BCUT2D eigenvalue weighted by Crippen LogP contribution is -2.26. The third kappa shape index (κ3) is 4.75. The van der Waals surface area contributed by atoms with Crippen molar-refractivity contribution >= 4 is 23.3 Å². The van der Waals surface area contributed by atoms with E-state index in [0.717, 1.165) is 42.8 Å². The van der Waals surface area contributed by atoms with Gasteiger partial charge in [-0.2, -0.15) is 0 Å². The summed E-state index contributed by atoms with van der Waals surface area (Å²) in [6.45, 7) is 6.98. The van der Waals surface area contributed by atoms with Crippen molar-refractivity contribution < 1.29 is 9.53 Å². The molecule has 0 saturated carbocycles. The van der Waals surface area contributed by atoms with Gasteiger partial charge in [0.25, 0.3) is 5.56 Å². The van der Waals surface area contributed by atoms with Crippen molar-refractivity contribution in [3.05, 3.63) is 57.1 Å². The van der Waals surface area contributed by atoms with E-state index in [-0.39, 0.29) is 17.9 Å². The lowest BCUT2D eigenvalue weighted by Gasteiger charge is -2.16. The second-order valence-electron chi connectivity index (χ2n) is 7.34. The topological polar surface area (TPSA) is 65.6 Å². The van der Waals surface area contributed by atoms with Crippen LogP contribution in [0.2, 0.25) is 5.02 Å². The quantitative estimate of drug-likeness (QED) is 0.361. The Hall–Kier alpha value is -2.60. The van der Waals surface area contributed by atoms with E-state index in [9.17, 15) is 9.59 Å². The van der Waals surface area contributed by atoms with Crippen LogP contribution in [0.1, 0.15) is 50.8 Å². The summed E-state index contributed by atoms with van der Waals surface area (Å²) in [6.07, 6.45) is 5.50. The molecule has 3 aromatic rings. The van der Waals surface area contributed by atoms with Gasteiger partial charge in [0.2, 0.25) is 5.78 Å². The third-order valence-corrected chi connectivity index (χ3v) is 5.51. The summed E-state index contributed by atoms with van der Waals surface area (Å²) < 4.78 is 8.73. The maximum atomic E-state index is 13.2. The minimum atomic E-state index is -0.290. The molecule has 0 unspecified atom stereocenters. The van der Waals surface area contributed by atoms with Crippen molar-refractivity contribution in [2.75, 3.05) is 6.61 Å². The highest BCUT2D eigenvalue weighted by molar-refractivity contribution is 6.30. The molecule has 3 rings (SSSR count). The molecule has 2 aromatic heterocycles. The fraction of sp³-hybridized carbons (Fsp3) is 0.435. The van der Waals surface area contributed by atoms with Gasteiger partial charge in [0.15, 0.2) is 0 Å². The minimum Gasteiger partial charge on any atom is -0.466 e. The second-order valence-corrected chi connectivity index (χ2v) is 7.77. The van der Waals surface area contributed by atoms with Gasteiger partial charge in [0.05, 0.1) is 12.3 Å². The summed E-state index contributed by atoms with van der Waals surface area (Å²) in [5, 5.41) is 0.652. The maximum absolute atomic E-state index is 13.2. The Morgan fingerprint density at radius 3 is 2.57 bits per heavy atom. The van der Waals surface area contributed by atoms with Crippen molar-refractivity contribution in [2.24, 2.45) is 0 Å². The molecule has 0 spiro atoms. The number of nitrogens with zero attached hydrogens (tertiary/aromatic N) is 3. The second kappa shape index (κ2) is 9.94. The maximum Gasteiger partial charge on any atom is 0.306 e. The van der Waals surface area contributed by atoms with Crippen molar-refractivity contribution in [3.8, 4) is 11.3 Å². The van der Waals surface area contributed by atoms with Crippen molar-refractivity contribution in [1.82, 2.24) is 14.0 Å². The van der Waals surface area contributed by atoms with E-state index in [1.807, 2.05) is 31.2 Å². The largest absolute Gasteiger partial charge is 0.466 e. The molecule has 2 heterocycles. The van der Waals surface area contributed by atoms with Gasteiger partial charge in [0, 0.05) is 41.0 Å². The molecule has 160 valence electrons. The molecule has 0 radical (unpaired) electrons. The SMILES string of the molecule is CCCCCn1c(C)c(CCC(=O)OCC)c(=O)n2cc(-c3ccc(Cl)cc3)nc12.